The lowest BCUT2D eigenvalue weighted by molar-refractivity contribution is -0.136. The summed E-state index contributed by atoms with van der Waals surface area (Å²) in [5.74, 6) is 0.210. The van der Waals surface area contributed by atoms with Gasteiger partial charge in [-0.15, -0.1) is 0 Å². The zero-order valence-electron chi connectivity index (χ0n) is 15.4. The zero-order chi connectivity index (χ0) is 17.8. The van der Waals surface area contributed by atoms with Crippen LogP contribution in [0.1, 0.15) is 38.7 Å². The molecule has 1 aromatic carbocycles. The van der Waals surface area contributed by atoms with Crippen molar-refractivity contribution in [3.05, 3.63) is 29.8 Å². The van der Waals surface area contributed by atoms with Crippen LogP contribution >= 0.6 is 0 Å². The van der Waals surface area contributed by atoms with Crippen molar-refractivity contribution in [1.82, 2.24) is 9.80 Å². The summed E-state index contributed by atoms with van der Waals surface area (Å²) in [6, 6.07) is 8.94. The van der Waals surface area contributed by atoms with E-state index in [0.717, 1.165) is 32.5 Å². The average molecular weight is 343 g/mol. The van der Waals surface area contributed by atoms with Crippen molar-refractivity contribution < 1.29 is 9.59 Å². The van der Waals surface area contributed by atoms with Gasteiger partial charge in [-0.25, -0.2) is 0 Å². The van der Waals surface area contributed by atoms with Crippen LogP contribution in [-0.4, -0.2) is 60.4 Å². The van der Waals surface area contributed by atoms with E-state index in [1.54, 1.807) is 4.90 Å². The molecule has 0 N–H and O–H groups in total. The molecule has 0 aromatic heterocycles. The van der Waals surface area contributed by atoms with E-state index in [-0.39, 0.29) is 11.8 Å². The van der Waals surface area contributed by atoms with E-state index in [2.05, 4.69) is 29.2 Å². The second-order valence-corrected chi connectivity index (χ2v) is 6.94. The van der Waals surface area contributed by atoms with Crippen LogP contribution < -0.4 is 4.90 Å². The highest BCUT2D eigenvalue weighted by Crippen LogP contribution is 2.33. The van der Waals surface area contributed by atoms with Gasteiger partial charge in [0.15, 0.2) is 0 Å². The highest BCUT2D eigenvalue weighted by molar-refractivity contribution is 5.84. The third-order valence-corrected chi connectivity index (χ3v) is 5.48. The smallest absolute Gasteiger partial charge is 0.223 e. The number of benzene rings is 1. The van der Waals surface area contributed by atoms with E-state index in [1.165, 1.54) is 11.3 Å². The van der Waals surface area contributed by atoms with Crippen molar-refractivity contribution >= 4 is 17.5 Å². The molecule has 136 valence electrons. The molecule has 2 aliphatic heterocycles. The maximum atomic E-state index is 12.7. The number of hydrogen-bond donors (Lipinski definition) is 0. The Balaban J connectivity index is 1.58. The molecule has 0 spiro atoms. The first-order valence-electron chi connectivity index (χ1n) is 9.54. The van der Waals surface area contributed by atoms with Gasteiger partial charge in [-0.3, -0.25) is 9.59 Å². The molecular formula is C20H29N3O2. The molecule has 0 radical (unpaired) electrons. The first-order valence-corrected chi connectivity index (χ1v) is 9.54. The lowest BCUT2D eigenvalue weighted by atomic mass is 10.1. The molecule has 0 aliphatic carbocycles. The van der Waals surface area contributed by atoms with Crippen LogP contribution in [0.3, 0.4) is 0 Å². The maximum absolute atomic E-state index is 12.7. The van der Waals surface area contributed by atoms with E-state index >= 15 is 0 Å². The SMILES string of the molecule is CCN(CC)C(=O)CCC(=O)N1CCCN2c3ccccc3CC2C1. The summed E-state index contributed by atoms with van der Waals surface area (Å²) in [6.07, 6.45) is 2.65. The second-order valence-electron chi connectivity index (χ2n) is 6.94. The largest absolute Gasteiger partial charge is 0.366 e. The number of carbonyl (C=O) groups excluding carboxylic acids is 2. The number of anilines is 1. The predicted molar refractivity (Wildman–Crippen MR) is 99.6 cm³/mol. The van der Waals surface area contributed by atoms with Crippen LogP contribution in [0.2, 0.25) is 0 Å². The monoisotopic (exact) mass is 343 g/mol. The number of amides is 2. The molecular weight excluding hydrogens is 314 g/mol. The molecule has 2 heterocycles. The molecule has 0 saturated carbocycles. The van der Waals surface area contributed by atoms with Crippen LogP contribution in [0.15, 0.2) is 24.3 Å². The third-order valence-electron chi connectivity index (χ3n) is 5.48. The maximum Gasteiger partial charge on any atom is 0.223 e. The fourth-order valence-corrected chi connectivity index (χ4v) is 4.10. The Hall–Kier alpha value is -2.04. The summed E-state index contributed by atoms with van der Waals surface area (Å²) >= 11 is 0. The summed E-state index contributed by atoms with van der Waals surface area (Å²) in [5, 5.41) is 0. The number of carbonyl (C=O) groups is 2. The first kappa shape index (κ1) is 17.8. The van der Waals surface area contributed by atoms with Crippen LogP contribution in [0, 0.1) is 0 Å². The summed E-state index contributed by atoms with van der Waals surface area (Å²) in [4.78, 5) is 31.0. The third kappa shape index (κ3) is 3.80. The van der Waals surface area contributed by atoms with Gasteiger partial charge in [-0.05, 0) is 38.3 Å². The molecule has 3 rings (SSSR count). The quantitative estimate of drug-likeness (QED) is 0.824. The summed E-state index contributed by atoms with van der Waals surface area (Å²) in [6.45, 7) is 7.95. The molecule has 5 nitrogen and oxygen atoms in total. The molecule has 25 heavy (non-hydrogen) atoms. The van der Waals surface area contributed by atoms with Crippen LogP contribution in [0.4, 0.5) is 5.69 Å². The highest BCUT2D eigenvalue weighted by atomic mass is 16.2. The average Bonchev–Trinajstić information content (AvgIpc) is 2.83. The van der Waals surface area contributed by atoms with Gasteiger partial charge in [0, 0.05) is 51.3 Å². The van der Waals surface area contributed by atoms with E-state index in [9.17, 15) is 9.59 Å². The van der Waals surface area contributed by atoms with Crippen molar-refractivity contribution in [3.8, 4) is 0 Å². The fourth-order valence-electron chi connectivity index (χ4n) is 4.10. The van der Waals surface area contributed by atoms with Crippen LogP contribution in [-0.2, 0) is 16.0 Å². The van der Waals surface area contributed by atoms with Crippen LogP contribution in [0.25, 0.3) is 0 Å². The normalized spacial score (nSPS) is 19.2. The Labute approximate surface area is 150 Å². The number of nitrogens with zero attached hydrogens (tertiary/aromatic N) is 3. The van der Waals surface area contributed by atoms with Gasteiger partial charge in [0.2, 0.25) is 11.8 Å². The molecule has 1 atom stereocenters. The van der Waals surface area contributed by atoms with Crippen molar-refractivity contribution in [2.45, 2.75) is 45.6 Å². The van der Waals surface area contributed by atoms with Gasteiger partial charge in [-0.2, -0.15) is 0 Å². The Bertz CT molecular complexity index is 627. The Kier molecular flexibility index (Phi) is 5.61. The molecule has 5 heteroatoms. The van der Waals surface area contributed by atoms with Gasteiger partial charge in [0.25, 0.3) is 0 Å². The number of rotatable bonds is 5. The fraction of sp³-hybridized carbons (Fsp3) is 0.600. The van der Waals surface area contributed by atoms with Gasteiger partial charge >= 0.3 is 0 Å². The van der Waals surface area contributed by atoms with E-state index in [4.69, 9.17) is 0 Å². The molecule has 1 aromatic rings. The highest BCUT2D eigenvalue weighted by Gasteiger charge is 2.33. The summed E-state index contributed by atoms with van der Waals surface area (Å²) in [5.41, 5.74) is 2.72. The van der Waals surface area contributed by atoms with Gasteiger partial charge < -0.3 is 14.7 Å². The van der Waals surface area contributed by atoms with Crippen molar-refractivity contribution in [2.75, 3.05) is 37.6 Å². The number of fused-ring (bicyclic) bond motifs is 3. The van der Waals surface area contributed by atoms with Crippen molar-refractivity contribution in [2.24, 2.45) is 0 Å². The lowest BCUT2D eigenvalue weighted by Gasteiger charge is -2.27. The first-order chi connectivity index (χ1) is 12.1. The van der Waals surface area contributed by atoms with Gasteiger partial charge in [-0.1, -0.05) is 18.2 Å². The molecule has 1 unspecified atom stereocenters. The zero-order valence-corrected chi connectivity index (χ0v) is 15.4. The van der Waals surface area contributed by atoms with E-state index in [1.807, 2.05) is 18.7 Å². The molecule has 2 aliphatic rings. The predicted octanol–water partition coefficient (Wildman–Crippen LogP) is 2.30. The minimum Gasteiger partial charge on any atom is -0.366 e. The molecule has 2 amide bonds. The molecule has 1 saturated heterocycles. The van der Waals surface area contributed by atoms with Gasteiger partial charge in [0.1, 0.15) is 0 Å². The summed E-state index contributed by atoms with van der Waals surface area (Å²) in [7, 11) is 0. The number of hydrogen-bond acceptors (Lipinski definition) is 3. The van der Waals surface area contributed by atoms with Crippen molar-refractivity contribution in [1.29, 1.82) is 0 Å². The Morgan fingerprint density at radius 1 is 1.12 bits per heavy atom. The van der Waals surface area contributed by atoms with Crippen molar-refractivity contribution in [3.63, 3.8) is 0 Å². The topological polar surface area (TPSA) is 43.9 Å². The van der Waals surface area contributed by atoms with E-state index < -0.39 is 0 Å². The minimum atomic E-state index is 0.0862. The standard InChI is InChI=1S/C20H29N3O2/c1-3-21(4-2)19(24)10-11-20(25)22-12-7-13-23-17(15-22)14-16-8-5-6-9-18(16)23/h5-6,8-9,17H,3-4,7,10-15H2,1-2H3. The summed E-state index contributed by atoms with van der Waals surface area (Å²) < 4.78 is 0. The van der Waals surface area contributed by atoms with Crippen LogP contribution in [0.5, 0.6) is 0 Å². The second kappa shape index (κ2) is 7.89. The Morgan fingerprint density at radius 2 is 1.88 bits per heavy atom. The van der Waals surface area contributed by atoms with E-state index in [0.29, 0.717) is 32.0 Å². The Morgan fingerprint density at radius 3 is 2.64 bits per heavy atom. The molecule has 1 fully saturated rings. The minimum absolute atomic E-state index is 0.0862. The lowest BCUT2D eigenvalue weighted by Crippen LogP contribution is -2.41. The van der Waals surface area contributed by atoms with Gasteiger partial charge in [0.05, 0.1) is 6.04 Å². The molecule has 0 bridgehead atoms. The number of para-hydroxylation sites is 1.